The second-order valence-corrected chi connectivity index (χ2v) is 9.02. The van der Waals surface area contributed by atoms with Crippen molar-refractivity contribution < 1.29 is 9.53 Å². The number of hydrogen-bond donors (Lipinski definition) is 1. The van der Waals surface area contributed by atoms with Gasteiger partial charge in [-0.05, 0) is 62.4 Å². The van der Waals surface area contributed by atoms with E-state index in [1.54, 1.807) is 0 Å². The van der Waals surface area contributed by atoms with Crippen LogP contribution < -0.4 is 10.1 Å². The molecule has 0 saturated heterocycles. The summed E-state index contributed by atoms with van der Waals surface area (Å²) in [4.78, 5) is 17.3. The van der Waals surface area contributed by atoms with Crippen LogP contribution in [0.2, 0.25) is 0 Å². The molecule has 0 atom stereocenters. The maximum Gasteiger partial charge on any atom is 0.223 e. The molecule has 2 aromatic carbocycles. The Balaban J connectivity index is 1.35. The molecule has 1 heterocycles. The van der Waals surface area contributed by atoms with Gasteiger partial charge in [-0.2, -0.15) is 0 Å². The number of nitrogens with one attached hydrogen (secondary N) is 1. The molecule has 3 aromatic rings. The van der Waals surface area contributed by atoms with E-state index in [-0.39, 0.29) is 11.8 Å². The molecule has 0 spiro atoms. The molecule has 1 aromatic heterocycles. The number of imidazole rings is 1. The first-order valence-electron chi connectivity index (χ1n) is 12.0. The van der Waals surface area contributed by atoms with Crippen molar-refractivity contribution in [3.8, 4) is 5.75 Å². The lowest BCUT2D eigenvalue weighted by atomic mass is 9.89. The summed E-state index contributed by atoms with van der Waals surface area (Å²) in [5, 5.41) is 3.16. The molecular weight excluding hydrogens is 398 g/mol. The van der Waals surface area contributed by atoms with Crippen LogP contribution in [0, 0.1) is 19.8 Å². The van der Waals surface area contributed by atoms with Crippen molar-refractivity contribution in [3.63, 3.8) is 0 Å². The average molecular weight is 434 g/mol. The van der Waals surface area contributed by atoms with Crippen molar-refractivity contribution in [2.75, 3.05) is 13.2 Å². The smallest absolute Gasteiger partial charge is 0.223 e. The molecule has 1 saturated carbocycles. The summed E-state index contributed by atoms with van der Waals surface area (Å²) >= 11 is 0. The van der Waals surface area contributed by atoms with Crippen LogP contribution in [-0.4, -0.2) is 28.6 Å². The Hall–Kier alpha value is -2.82. The van der Waals surface area contributed by atoms with Crippen LogP contribution in [0.4, 0.5) is 0 Å². The van der Waals surface area contributed by atoms with Gasteiger partial charge >= 0.3 is 0 Å². The van der Waals surface area contributed by atoms with Gasteiger partial charge in [-0.15, -0.1) is 0 Å². The fourth-order valence-electron chi connectivity index (χ4n) is 4.64. The van der Waals surface area contributed by atoms with Gasteiger partial charge in [0.2, 0.25) is 5.91 Å². The Kier molecular flexibility index (Phi) is 7.46. The van der Waals surface area contributed by atoms with Gasteiger partial charge in [0.25, 0.3) is 0 Å². The summed E-state index contributed by atoms with van der Waals surface area (Å²) in [5.74, 6) is 2.41. The largest absolute Gasteiger partial charge is 0.493 e. The highest BCUT2D eigenvalue weighted by atomic mass is 16.5. The number of rotatable bonds is 9. The number of nitrogens with zero attached hydrogens (tertiary/aromatic N) is 2. The van der Waals surface area contributed by atoms with Gasteiger partial charge < -0.3 is 14.6 Å². The number of benzene rings is 2. The van der Waals surface area contributed by atoms with Gasteiger partial charge in [-0.25, -0.2) is 4.98 Å². The Morgan fingerprint density at radius 1 is 1.12 bits per heavy atom. The zero-order valence-corrected chi connectivity index (χ0v) is 19.4. The van der Waals surface area contributed by atoms with Crippen molar-refractivity contribution in [2.24, 2.45) is 5.92 Å². The van der Waals surface area contributed by atoms with Crippen molar-refractivity contribution in [2.45, 2.75) is 65.3 Å². The number of para-hydroxylation sites is 2. The molecule has 1 aliphatic rings. The Bertz CT molecular complexity index is 1050. The minimum atomic E-state index is 0.199. The van der Waals surface area contributed by atoms with E-state index in [9.17, 15) is 4.79 Å². The summed E-state index contributed by atoms with van der Waals surface area (Å²) < 4.78 is 8.34. The van der Waals surface area contributed by atoms with Crippen LogP contribution in [-0.2, 0) is 17.8 Å². The molecule has 4 rings (SSSR count). The number of aromatic nitrogens is 2. The molecule has 32 heavy (non-hydrogen) atoms. The second-order valence-electron chi connectivity index (χ2n) is 9.02. The van der Waals surface area contributed by atoms with Crippen LogP contribution in [0.5, 0.6) is 5.75 Å². The number of carbonyl (C=O) groups is 1. The third-order valence-corrected chi connectivity index (χ3v) is 6.48. The fraction of sp³-hybridized carbons (Fsp3) is 0.481. The topological polar surface area (TPSA) is 56.1 Å². The SMILES string of the molecule is Cc1ccc(C)c(OCCCn2c(CCNC(=O)C3CCCCC3)nc3ccccc32)c1. The van der Waals surface area contributed by atoms with Gasteiger partial charge in [0.15, 0.2) is 0 Å². The number of aryl methyl sites for hydroxylation is 3. The molecule has 5 heteroatoms. The van der Waals surface area contributed by atoms with E-state index in [0.717, 1.165) is 60.4 Å². The van der Waals surface area contributed by atoms with Crippen LogP contribution >= 0.6 is 0 Å². The Labute approximate surface area is 191 Å². The van der Waals surface area contributed by atoms with Crippen molar-refractivity contribution >= 4 is 16.9 Å². The maximum absolute atomic E-state index is 12.5. The molecule has 170 valence electrons. The molecule has 0 aliphatic heterocycles. The zero-order valence-electron chi connectivity index (χ0n) is 19.4. The van der Waals surface area contributed by atoms with E-state index >= 15 is 0 Å². The van der Waals surface area contributed by atoms with Gasteiger partial charge in [0.1, 0.15) is 11.6 Å². The summed E-state index contributed by atoms with van der Waals surface area (Å²) in [5.41, 5.74) is 4.53. The lowest BCUT2D eigenvalue weighted by molar-refractivity contribution is -0.125. The van der Waals surface area contributed by atoms with Gasteiger partial charge in [0, 0.05) is 25.4 Å². The molecule has 1 amide bonds. The first-order chi connectivity index (χ1) is 15.6. The number of carbonyl (C=O) groups excluding carboxylic acids is 1. The quantitative estimate of drug-likeness (QED) is 0.462. The van der Waals surface area contributed by atoms with E-state index in [4.69, 9.17) is 9.72 Å². The van der Waals surface area contributed by atoms with Crippen molar-refractivity contribution in [3.05, 3.63) is 59.4 Å². The molecule has 0 unspecified atom stereocenters. The number of ether oxygens (including phenoxy) is 1. The molecule has 1 N–H and O–H groups in total. The third-order valence-electron chi connectivity index (χ3n) is 6.48. The molecule has 0 bridgehead atoms. The Morgan fingerprint density at radius 2 is 1.94 bits per heavy atom. The highest BCUT2D eigenvalue weighted by Gasteiger charge is 2.20. The predicted octanol–water partition coefficient (Wildman–Crippen LogP) is 5.36. The monoisotopic (exact) mass is 433 g/mol. The van der Waals surface area contributed by atoms with Gasteiger partial charge in [0.05, 0.1) is 17.6 Å². The van der Waals surface area contributed by atoms with E-state index in [0.29, 0.717) is 13.2 Å². The highest BCUT2D eigenvalue weighted by molar-refractivity contribution is 5.78. The minimum absolute atomic E-state index is 0.199. The van der Waals surface area contributed by atoms with Crippen LogP contribution in [0.15, 0.2) is 42.5 Å². The summed E-state index contributed by atoms with van der Waals surface area (Å²) in [7, 11) is 0. The van der Waals surface area contributed by atoms with Crippen LogP contribution in [0.1, 0.15) is 55.5 Å². The second kappa shape index (κ2) is 10.7. The first kappa shape index (κ1) is 22.4. The van der Waals surface area contributed by atoms with Crippen molar-refractivity contribution in [1.82, 2.24) is 14.9 Å². The van der Waals surface area contributed by atoms with E-state index < -0.39 is 0 Å². The highest BCUT2D eigenvalue weighted by Crippen LogP contribution is 2.24. The average Bonchev–Trinajstić information content (AvgIpc) is 3.16. The van der Waals surface area contributed by atoms with E-state index in [1.807, 2.05) is 6.07 Å². The van der Waals surface area contributed by atoms with E-state index in [2.05, 4.69) is 60.1 Å². The predicted molar refractivity (Wildman–Crippen MR) is 129 cm³/mol. The Morgan fingerprint density at radius 3 is 2.78 bits per heavy atom. The summed E-state index contributed by atoms with van der Waals surface area (Å²) in [6.45, 7) is 6.31. The molecule has 0 radical (unpaired) electrons. The maximum atomic E-state index is 12.5. The number of amides is 1. The van der Waals surface area contributed by atoms with E-state index in [1.165, 1.54) is 24.8 Å². The normalized spacial score (nSPS) is 14.6. The number of fused-ring (bicyclic) bond motifs is 1. The molecular formula is C27H35N3O2. The van der Waals surface area contributed by atoms with Gasteiger partial charge in [-0.3, -0.25) is 4.79 Å². The standard InChI is InChI=1S/C27H35N3O2/c1-20-13-14-21(2)25(19-20)32-18-8-17-30-24-12-7-6-11-23(24)29-26(30)15-16-28-27(31)22-9-4-3-5-10-22/h6-7,11-14,19,22H,3-5,8-10,15-18H2,1-2H3,(H,28,31). The minimum Gasteiger partial charge on any atom is -0.493 e. The van der Waals surface area contributed by atoms with Crippen molar-refractivity contribution in [1.29, 1.82) is 0 Å². The fourth-order valence-corrected chi connectivity index (χ4v) is 4.64. The number of hydrogen-bond acceptors (Lipinski definition) is 3. The molecule has 1 aliphatic carbocycles. The third kappa shape index (κ3) is 5.50. The molecule has 1 fully saturated rings. The first-order valence-corrected chi connectivity index (χ1v) is 12.0. The van der Waals surface area contributed by atoms with Crippen LogP contribution in [0.3, 0.4) is 0 Å². The molecule has 5 nitrogen and oxygen atoms in total. The summed E-state index contributed by atoms with van der Waals surface area (Å²) in [6.07, 6.45) is 7.33. The van der Waals surface area contributed by atoms with Gasteiger partial charge in [-0.1, -0.05) is 43.5 Å². The van der Waals surface area contributed by atoms with Crippen LogP contribution in [0.25, 0.3) is 11.0 Å². The zero-order chi connectivity index (χ0) is 22.3. The summed E-state index contributed by atoms with van der Waals surface area (Å²) in [6, 6.07) is 14.6. The lowest BCUT2D eigenvalue weighted by Crippen LogP contribution is -2.33. The lowest BCUT2D eigenvalue weighted by Gasteiger charge is -2.20.